The van der Waals surface area contributed by atoms with Crippen LogP contribution in [0.5, 0.6) is 0 Å². The average Bonchev–Trinajstić information content (AvgIpc) is 2.58. The Hall–Kier alpha value is -1.94. The summed E-state index contributed by atoms with van der Waals surface area (Å²) in [5, 5.41) is -0.544. The number of hydrogen-bond acceptors (Lipinski definition) is 4. The van der Waals surface area contributed by atoms with Crippen molar-refractivity contribution in [3.8, 4) is 0 Å². The molecule has 1 aliphatic heterocycles. The molecule has 1 aliphatic rings. The maximum absolute atomic E-state index is 14.4. The summed E-state index contributed by atoms with van der Waals surface area (Å²) in [4.78, 5) is 1.21. The summed E-state index contributed by atoms with van der Waals surface area (Å²) in [7, 11) is -3.68. The third-order valence-corrected chi connectivity index (χ3v) is 6.07. The molecule has 0 saturated heterocycles. The van der Waals surface area contributed by atoms with Crippen molar-refractivity contribution in [1.82, 2.24) is 4.90 Å². The lowest BCUT2D eigenvalue weighted by Gasteiger charge is -2.40. The van der Waals surface area contributed by atoms with Crippen molar-refractivity contribution in [3.63, 3.8) is 0 Å². The van der Waals surface area contributed by atoms with Crippen LogP contribution in [-0.4, -0.2) is 36.4 Å². The van der Waals surface area contributed by atoms with Gasteiger partial charge in [-0.05, 0) is 35.8 Å². The SMILES string of the molecule is C=CCC1=CC=C(C(F)(F)F)N(Cc2ccc(NS(C)(=O)=O)c(F)c2)C1SC(C)C. The fraction of sp³-hybridized carbons (Fsp3) is 0.400. The second-order valence-corrected chi connectivity index (χ2v) is 10.5. The van der Waals surface area contributed by atoms with Crippen molar-refractivity contribution in [1.29, 1.82) is 0 Å². The molecule has 0 aromatic heterocycles. The Labute approximate surface area is 178 Å². The Bertz CT molecular complexity index is 954. The van der Waals surface area contributed by atoms with Crippen molar-refractivity contribution < 1.29 is 26.0 Å². The van der Waals surface area contributed by atoms with Gasteiger partial charge in [0.05, 0.1) is 17.3 Å². The number of nitrogens with zero attached hydrogens (tertiary/aromatic N) is 1. The molecule has 1 aromatic rings. The predicted octanol–water partition coefficient (Wildman–Crippen LogP) is 5.43. The second-order valence-electron chi connectivity index (χ2n) is 7.14. The first kappa shape index (κ1) is 24.3. The Morgan fingerprint density at radius 1 is 1.30 bits per heavy atom. The normalized spacial score (nSPS) is 17.6. The van der Waals surface area contributed by atoms with Crippen LogP contribution in [0, 0.1) is 5.82 Å². The van der Waals surface area contributed by atoms with Crippen LogP contribution in [-0.2, 0) is 16.6 Å². The molecule has 0 spiro atoms. The van der Waals surface area contributed by atoms with Gasteiger partial charge in [-0.25, -0.2) is 12.8 Å². The van der Waals surface area contributed by atoms with Crippen LogP contribution in [0.1, 0.15) is 25.8 Å². The first-order valence-electron chi connectivity index (χ1n) is 9.09. The van der Waals surface area contributed by atoms with Crippen molar-refractivity contribution >= 4 is 27.5 Å². The molecule has 1 atom stereocenters. The molecule has 1 unspecified atom stereocenters. The fourth-order valence-corrected chi connectivity index (χ4v) is 4.77. The van der Waals surface area contributed by atoms with Crippen LogP contribution < -0.4 is 4.72 Å². The van der Waals surface area contributed by atoms with Gasteiger partial charge in [0.15, 0.2) is 0 Å². The molecule has 0 aliphatic carbocycles. The minimum atomic E-state index is -4.58. The predicted molar refractivity (Wildman–Crippen MR) is 114 cm³/mol. The number of sulfonamides is 1. The first-order chi connectivity index (χ1) is 13.8. The summed E-state index contributed by atoms with van der Waals surface area (Å²) >= 11 is 1.37. The van der Waals surface area contributed by atoms with Gasteiger partial charge in [0, 0.05) is 11.8 Å². The van der Waals surface area contributed by atoms with Gasteiger partial charge in [-0.3, -0.25) is 4.72 Å². The minimum Gasteiger partial charge on any atom is -0.347 e. The molecule has 0 bridgehead atoms. The molecule has 2 rings (SSSR count). The lowest BCUT2D eigenvalue weighted by molar-refractivity contribution is -0.113. The largest absolute Gasteiger partial charge is 0.431 e. The van der Waals surface area contributed by atoms with Gasteiger partial charge in [-0.15, -0.1) is 18.3 Å². The van der Waals surface area contributed by atoms with Gasteiger partial charge >= 0.3 is 6.18 Å². The van der Waals surface area contributed by atoms with E-state index < -0.39 is 33.1 Å². The van der Waals surface area contributed by atoms with Crippen LogP contribution >= 0.6 is 11.8 Å². The Balaban J connectivity index is 2.43. The van der Waals surface area contributed by atoms with Gasteiger partial charge in [0.1, 0.15) is 11.5 Å². The van der Waals surface area contributed by atoms with Crippen LogP contribution in [0.3, 0.4) is 0 Å². The second kappa shape index (κ2) is 9.47. The quantitative estimate of drug-likeness (QED) is 0.412. The average molecular weight is 465 g/mol. The Morgan fingerprint density at radius 2 is 1.97 bits per heavy atom. The molecule has 10 heteroatoms. The van der Waals surface area contributed by atoms with Crippen LogP contribution in [0.15, 0.2) is 54.3 Å². The lowest BCUT2D eigenvalue weighted by Crippen LogP contribution is -2.41. The van der Waals surface area contributed by atoms with Gasteiger partial charge in [0.2, 0.25) is 10.0 Å². The molecular weight excluding hydrogens is 440 g/mol. The van der Waals surface area contributed by atoms with E-state index in [1.54, 1.807) is 6.08 Å². The molecule has 0 radical (unpaired) electrons. The molecule has 4 nitrogen and oxygen atoms in total. The van der Waals surface area contributed by atoms with E-state index in [2.05, 4.69) is 6.58 Å². The Kier molecular flexibility index (Phi) is 7.68. The van der Waals surface area contributed by atoms with Gasteiger partial charge in [-0.1, -0.05) is 32.1 Å². The molecule has 30 heavy (non-hydrogen) atoms. The van der Waals surface area contributed by atoms with Crippen LogP contribution in [0.2, 0.25) is 0 Å². The zero-order valence-electron chi connectivity index (χ0n) is 16.8. The standard InChI is InChI=1S/C20H24F4N2O2S2/c1-5-6-15-8-10-18(20(22,23)24)26(19(15)29-13(2)3)12-14-7-9-17(16(21)11-14)25-30(4,27)28/h5,7-11,13,19,25H,1,6,12H2,2-4H3. The summed E-state index contributed by atoms with van der Waals surface area (Å²) < 4.78 is 80.2. The third-order valence-electron chi connectivity index (χ3n) is 4.12. The summed E-state index contributed by atoms with van der Waals surface area (Å²) in [6.07, 6.45) is 0.870. The number of alkyl halides is 3. The summed E-state index contributed by atoms with van der Waals surface area (Å²) in [5.41, 5.74) is -0.0116. The number of hydrogen-bond donors (Lipinski definition) is 1. The molecular formula is C20H24F4N2O2S2. The van der Waals surface area contributed by atoms with E-state index in [0.29, 0.717) is 6.42 Å². The van der Waals surface area contributed by atoms with Crippen molar-refractivity contribution in [2.75, 3.05) is 11.0 Å². The van der Waals surface area contributed by atoms with E-state index in [1.807, 2.05) is 18.6 Å². The maximum Gasteiger partial charge on any atom is 0.431 e. The maximum atomic E-state index is 14.4. The highest BCUT2D eigenvalue weighted by Crippen LogP contribution is 2.41. The van der Waals surface area contributed by atoms with Gasteiger partial charge in [-0.2, -0.15) is 13.2 Å². The molecule has 1 heterocycles. The highest BCUT2D eigenvalue weighted by atomic mass is 32.2. The fourth-order valence-electron chi connectivity index (χ4n) is 3.01. The van der Waals surface area contributed by atoms with E-state index in [9.17, 15) is 26.0 Å². The number of halogens is 4. The molecule has 1 N–H and O–H groups in total. The molecule has 1 aromatic carbocycles. The summed E-state index contributed by atoms with van der Waals surface area (Å²) in [6.45, 7) is 7.27. The van der Waals surface area contributed by atoms with Gasteiger partial charge < -0.3 is 4.90 Å². The number of benzene rings is 1. The number of allylic oxidation sites excluding steroid dienone is 4. The monoisotopic (exact) mass is 464 g/mol. The number of nitrogens with one attached hydrogen (secondary N) is 1. The summed E-state index contributed by atoms with van der Waals surface area (Å²) in [6, 6.07) is 3.66. The zero-order chi connectivity index (χ0) is 22.7. The van der Waals surface area contributed by atoms with Crippen LogP contribution in [0.25, 0.3) is 0 Å². The highest BCUT2D eigenvalue weighted by Gasteiger charge is 2.42. The van der Waals surface area contributed by atoms with Crippen molar-refractivity contribution in [2.24, 2.45) is 0 Å². The van der Waals surface area contributed by atoms with E-state index in [4.69, 9.17) is 0 Å². The van der Waals surface area contributed by atoms with Gasteiger partial charge in [0.25, 0.3) is 0 Å². The van der Waals surface area contributed by atoms with E-state index in [0.717, 1.165) is 24.0 Å². The third kappa shape index (κ3) is 6.53. The molecule has 0 saturated carbocycles. The molecule has 0 fully saturated rings. The van der Waals surface area contributed by atoms with Crippen molar-refractivity contribution in [3.05, 3.63) is 65.7 Å². The number of thioether (sulfide) groups is 1. The zero-order valence-corrected chi connectivity index (χ0v) is 18.5. The van der Waals surface area contributed by atoms with E-state index >= 15 is 0 Å². The Morgan fingerprint density at radius 3 is 2.47 bits per heavy atom. The molecule has 0 amide bonds. The topological polar surface area (TPSA) is 49.4 Å². The van der Waals surface area contributed by atoms with E-state index in [1.165, 1.54) is 34.9 Å². The highest BCUT2D eigenvalue weighted by molar-refractivity contribution is 8.00. The number of anilines is 1. The molecule has 166 valence electrons. The van der Waals surface area contributed by atoms with E-state index in [-0.39, 0.29) is 23.0 Å². The first-order valence-corrected chi connectivity index (χ1v) is 11.9. The lowest BCUT2D eigenvalue weighted by atomic mass is 10.0. The number of rotatable bonds is 8. The summed E-state index contributed by atoms with van der Waals surface area (Å²) in [5.74, 6) is -0.859. The van der Waals surface area contributed by atoms with Crippen molar-refractivity contribution in [2.45, 2.75) is 43.6 Å². The van der Waals surface area contributed by atoms with Crippen LogP contribution in [0.4, 0.5) is 23.2 Å². The smallest absolute Gasteiger partial charge is 0.347 e. The minimum absolute atomic E-state index is 0.0522.